The summed E-state index contributed by atoms with van der Waals surface area (Å²) in [6.45, 7) is 4.25. The number of carboxylic acid groups (broad SMARTS) is 1. The number of carbonyl (C=O) groups is 1. The Bertz CT molecular complexity index is 1510. The predicted molar refractivity (Wildman–Crippen MR) is 136 cm³/mol. The number of nitrogens with one attached hydrogen (secondary N) is 1. The van der Waals surface area contributed by atoms with Crippen LogP contribution in [0.1, 0.15) is 37.3 Å². The van der Waals surface area contributed by atoms with Crippen molar-refractivity contribution < 1.29 is 35.9 Å². The van der Waals surface area contributed by atoms with E-state index in [1.165, 1.54) is 25.1 Å². The molecule has 1 atom stereocenters. The third kappa shape index (κ3) is 6.47. The molecule has 1 aliphatic rings. The Balaban J connectivity index is 1.66. The van der Waals surface area contributed by atoms with Gasteiger partial charge in [-0.25, -0.2) is 14.4 Å². The van der Waals surface area contributed by atoms with Gasteiger partial charge in [-0.3, -0.25) is 9.52 Å². The molecule has 208 valence electrons. The number of benzene rings is 1. The summed E-state index contributed by atoms with van der Waals surface area (Å²) in [5.41, 5.74) is -2.09. The highest BCUT2D eigenvalue weighted by atomic mass is 32.2. The molecule has 0 aliphatic carbocycles. The van der Waals surface area contributed by atoms with Gasteiger partial charge in [0, 0.05) is 18.7 Å². The van der Waals surface area contributed by atoms with E-state index in [0.29, 0.717) is 43.4 Å². The maximum absolute atomic E-state index is 13.9. The van der Waals surface area contributed by atoms with Crippen molar-refractivity contribution >= 4 is 27.6 Å². The van der Waals surface area contributed by atoms with Gasteiger partial charge in [-0.15, -0.1) is 0 Å². The van der Waals surface area contributed by atoms with Gasteiger partial charge < -0.3 is 10.0 Å². The molecule has 0 spiro atoms. The van der Waals surface area contributed by atoms with Gasteiger partial charge in [0.2, 0.25) is 0 Å². The maximum atomic E-state index is 13.9. The van der Waals surface area contributed by atoms with Crippen molar-refractivity contribution in [2.75, 3.05) is 22.7 Å². The zero-order chi connectivity index (χ0) is 28.6. The van der Waals surface area contributed by atoms with Crippen LogP contribution in [0.5, 0.6) is 0 Å². The minimum atomic E-state index is -4.82. The van der Waals surface area contributed by atoms with Crippen LogP contribution in [0, 0.1) is 18.2 Å². The summed E-state index contributed by atoms with van der Waals surface area (Å²) in [6.07, 6.45) is -3.48. The van der Waals surface area contributed by atoms with Crippen LogP contribution in [0.3, 0.4) is 0 Å². The molecule has 2 aromatic heterocycles. The van der Waals surface area contributed by atoms with E-state index >= 15 is 0 Å². The second-order valence-corrected chi connectivity index (χ2v) is 11.5. The number of aliphatic carboxylic acids is 1. The van der Waals surface area contributed by atoms with Gasteiger partial charge >= 0.3 is 12.1 Å². The molecule has 3 heterocycles. The van der Waals surface area contributed by atoms with Gasteiger partial charge in [0.1, 0.15) is 17.5 Å². The number of rotatable bonds is 7. The summed E-state index contributed by atoms with van der Waals surface area (Å²) in [4.78, 5) is 21.3. The Morgan fingerprint density at radius 3 is 2.59 bits per heavy atom. The number of anilines is 2. The molecule has 8 nitrogen and oxygen atoms in total. The molecule has 2 N–H and O–H groups in total. The monoisotopic (exact) mass is 566 g/mol. The lowest BCUT2D eigenvalue weighted by atomic mass is 9.79. The standard InChI is InChI=1S/C26H26F4N4O4S/c1-16-7-8-17(27)13-18(16)24-19(26(28,29)30)9-10-20(31-24)33-39(37,38)22-6-3-5-21(32-22)34-12-4-11-25(2,15-34)14-23(35)36/h3,5-10,13H,4,11-12,14-15H2,1-2H3,(H,31,33)(H,35,36)/t25-/m1/s1. The number of aryl methyl sites for hydroxylation is 1. The predicted octanol–water partition coefficient (Wildman–Crippen LogP) is 5.49. The van der Waals surface area contributed by atoms with Crippen molar-refractivity contribution in [1.82, 2.24) is 9.97 Å². The van der Waals surface area contributed by atoms with E-state index in [-0.39, 0.29) is 12.0 Å². The quantitative estimate of drug-likeness (QED) is 0.364. The third-order valence-corrected chi connectivity index (χ3v) is 7.82. The summed E-state index contributed by atoms with van der Waals surface area (Å²) in [6, 6.07) is 9.19. The van der Waals surface area contributed by atoms with Crippen molar-refractivity contribution in [3.8, 4) is 11.3 Å². The van der Waals surface area contributed by atoms with Gasteiger partial charge in [0.25, 0.3) is 10.0 Å². The van der Waals surface area contributed by atoms with Gasteiger partial charge in [-0.05, 0) is 67.1 Å². The van der Waals surface area contributed by atoms with Gasteiger partial charge in [0.05, 0.1) is 17.7 Å². The Labute approximate surface area is 222 Å². The van der Waals surface area contributed by atoms with E-state index in [4.69, 9.17) is 0 Å². The molecule has 0 unspecified atom stereocenters. The van der Waals surface area contributed by atoms with Gasteiger partial charge in [0.15, 0.2) is 5.03 Å². The number of sulfonamides is 1. The molecule has 3 aromatic rings. The molecule has 13 heteroatoms. The largest absolute Gasteiger partial charge is 0.481 e. The van der Waals surface area contributed by atoms with Gasteiger partial charge in [-0.1, -0.05) is 19.1 Å². The van der Waals surface area contributed by atoms with E-state index < -0.39 is 55.5 Å². The fourth-order valence-electron chi connectivity index (χ4n) is 4.74. The number of aromatic nitrogens is 2. The highest BCUT2D eigenvalue weighted by Crippen LogP contribution is 2.38. The third-order valence-electron chi connectivity index (χ3n) is 6.56. The van der Waals surface area contributed by atoms with Crippen LogP contribution >= 0.6 is 0 Å². The molecule has 0 radical (unpaired) electrons. The number of nitrogens with zero attached hydrogens (tertiary/aromatic N) is 3. The van der Waals surface area contributed by atoms with Crippen molar-refractivity contribution in [3.63, 3.8) is 0 Å². The molecule has 0 amide bonds. The van der Waals surface area contributed by atoms with E-state index in [1.807, 2.05) is 11.8 Å². The molecule has 39 heavy (non-hydrogen) atoms. The van der Waals surface area contributed by atoms with Crippen molar-refractivity contribution in [2.45, 2.75) is 44.3 Å². The van der Waals surface area contributed by atoms with Crippen molar-refractivity contribution in [2.24, 2.45) is 5.41 Å². The molecular formula is C26H26F4N4O4S. The van der Waals surface area contributed by atoms with Gasteiger partial charge in [-0.2, -0.15) is 21.6 Å². The van der Waals surface area contributed by atoms with Crippen LogP contribution in [-0.2, 0) is 21.0 Å². The molecule has 1 saturated heterocycles. The highest BCUT2D eigenvalue weighted by Gasteiger charge is 2.36. The number of alkyl halides is 3. The number of hydrogen-bond donors (Lipinski definition) is 2. The van der Waals surface area contributed by atoms with Crippen LogP contribution < -0.4 is 9.62 Å². The molecule has 1 fully saturated rings. The van der Waals surface area contributed by atoms with E-state index in [1.54, 1.807) is 6.07 Å². The van der Waals surface area contributed by atoms with Crippen molar-refractivity contribution in [1.29, 1.82) is 0 Å². The molecule has 0 saturated carbocycles. The minimum Gasteiger partial charge on any atom is -0.481 e. The van der Waals surface area contributed by atoms with E-state index in [2.05, 4.69) is 14.7 Å². The summed E-state index contributed by atoms with van der Waals surface area (Å²) >= 11 is 0. The summed E-state index contributed by atoms with van der Waals surface area (Å²) in [7, 11) is -4.39. The molecule has 0 bridgehead atoms. The second-order valence-electron chi connectivity index (χ2n) is 9.90. The molecule has 4 rings (SSSR count). The summed E-state index contributed by atoms with van der Waals surface area (Å²) in [5.74, 6) is -1.77. The first-order valence-electron chi connectivity index (χ1n) is 12.0. The average Bonchev–Trinajstić information content (AvgIpc) is 2.84. The van der Waals surface area contributed by atoms with Crippen LogP contribution in [0.2, 0.25) is 0 Å². The fourth-order valence-corrected chi connectivity index (χ4v) is 5.70. The lowest BCUT2D eigenvalue weighted by molar-refractivity contribution is -0.140. The number of carboxylic acids is 1. The lowest BCUT2D eigenvalue weighted by Gasteiger charge is -2.40. The maximum Gasteiger partial charge on any atom is 0.418 e. The molecule has 1 aromatic carbocycles. The second kappa shape index (κ2) is 10.4. The zero-order valence-corrected chi connectivity index (χ0v) is 21.9. The smallest absolute Gasteiger partial charge is 0.418 e. The first-order chi connectivity index (χ1) is 18.2. The Morgan fingerprint density at radius 1 is 1.15 bits per heavy atom. The van der Waals surface area contributed by atoms with Crippen LogP contribution in [0.15, 0.2) is 53.6 Å². The average molecular weight is 567 g/mol. The van der Waals surface area contributed by atoms with E-state index in [0.717, 1.165) is 18.2 Å². The Hall–Kier alpha value is -3.74. The highest BCUT2D eigenvalue weighted by molar-refractivity contribution is 7.92. The van der Waals surface area contributed by atoms with E-state index in [9.17, 15) is 35.9 Å². The molecular weight excluding hydrogens is 540 g/mol. The zero-order valence-electron chi connectivity index (χ0n) is 21.1. The number of pyridine rings is 2. The first-order valence-corrected chi connectivity index (χ1v) is 13.5. The topological polar surface area (TPSA) is 112 Å². The van der Waals surface area contributed by atoms with Crippen LogP contribution in [0.25, 0.3) is 11.3 Å². The number of halogens is 4. The fraction of sp³-hybridized carbons (Fsp3) is 0.346. The first kappa shape index (κ1) is 28.3. The van der Waals surface area contributed by atoms with Crippen LogP contribution in [0.4, 0.5) is 29.2 Å². The Morgan fingerprint density at radius 2 is 1.90 bits per heavy atom. The number of hydrogen-bond acceptors (Lipinski definition) is 6. The summed E-state index contributed by atoms with van der Waals surface area (Å²) in [5, 5.41) is 8.86. The molecule has 1 aliphatic heterocycles. The SMILES string of the molecule is Cc1ccc(F)cc1-c1nc(NS(=O)(=O)c2cccc(N3CCC[C@](C)(CC(=O)O)C3)n2)ccc1C(F)(F)F. The Kier molecular flexibility index (Phi) is 7.57. The normalized spacial score (nSPS) is 18.2. The van der Waals surface area contributed by atoms with Crippen molar-refractivity contribution in [3.05, 3.63) is 65.5 Å². The summed E-state index contributed by atoms with van der Waals surface area (Å²) < 4.78 is 83.6. The number of piperidine rings is 1. The lowest BCUT2D eigenvalue weighted by Crippen LogP contribution is -2.43. The minimum absolute atomic E-state index is 0.0459. The van der Waals surface area contributed by atoms with Crippen LogP contribution in [-0.4, -0.2) is 42.6 Å².